The summed E-state index contributed by atoms with van der Waals surface area (Å²) in [6.07, 6.45) is -2.16. The first-order valence-electron chi connectivity index (χ1n) is 8.53. The normalized spacial score (nSPS) is 17.4. The van der Waals surface area contributed by atoms with E-state index in [1.54, 1.807) is 0 Å². The van der Waals surface area contributed by atoms with Crippen LogP contribution in [0, 0.1) is 5.82 Å². The van der Waals surface area contributed by atoms with Crippen molar-refractivity contribution in [1.29, 1.82) is 0 Å². The Hall–Kier alpha value is -2.47. The highest BCUT2D eigenvalue weighted by molar-refractivity contribution is 7.89. The molecule has 1 aromatic carbocycles. The van der Waals surface area contributed by atoms with Crippen LogP contribution >= 0.6 is 0 Å². The van der Waals surface area contributed by atoms with E-state index in [1.807, 2.05) is 0 Å². The van der Waals surface area contributed by atoms with Crippen molar-refractivity contribution in [2.45, 2.75) is 42.9 Å². The maximum absolute atomic E-state index is 13.7. The van der Waals surface area contributed by atoms with E-state index in [0.717, 1.165) is 4.31 Å². The summed E-state index contributed by atoms with van der Waals surface area (Å²) in [5.74, 6) is -2.43. The van der Waals surface area contributed by atoms with Gasteiger partial charge in [-0.15, -0.1) is 0 Å². The topological polar surface area (TPSA) is 92.5 Å². The quantitative estimate of drug-likeness (QED) is 0.730. The lowest BCUT2D eigenvalue weighted by Gasteiger charge is -2.31. The zero-order chi connectivity index (χ0) is 21.6. The van der Waals surface area contributed by atoms with Gasteiger partial charge >= 0.3 is 12.1 Å². The molecular formula is C17H17F4N3O4S. The summed E-state index contributed by atoms with van der Waals surface area (Å²) in [5, 5.41) is 13.0. The summed E-state index contributed by atoms with van der Waals surface area (Å²) in [7, 11) is -3.26. The Morgan fingerprint density at radius 1 is 1.34 bits per heavy atom. The number of carboxylic acid groups (broad SMARTS) is 1. The summed E-state index contributed by atoms with van der Waals surface area (Å²) in [6, 6.07) is 0.405. The zero-order valence-electron chi connectivity index (χ0n) is 15.1. The number of aliphatic carboxylic acids is 1. The smallest absolute Gasteiger partial charge is 0.416 e. The van der Waals surface area contributed by atoms with Crippen LogP contribution in [-0.4, -0.2) is 40.6 Å². The Labute approximate surface area is 163 Å². The fourth-order valence-electron chi connectivity index (χ4n) is 3.45. The molecule has 1 aliphatic rings. The van der Waals surface area contributed by atoms with Crippen molar-refractivity contribution >= 4 is 16.0 Å². The average molecular weight is 435 g/mol. The molecule has 1 aromatic heterocycles. The number of carboxylic acids is 1. The van der Waals surface area contributed by atoms with Crippen molar-refractivity contribution in [2.24, 2.45) is 0 Å². The van der Waals surface area contributed by atoms with Crippen LogP contribution in [0.3, 0.4) is 0 Å². The van der Waals surface area contributed by atoms with E-state index >= 15 is 0 Å². The minimum Gasteiger partial charge on any atom is -0.480 e. The predicted octanol–water partition coefficient (Wildman–Crippen LogP) is 2.82. The van der Waals surface area contributed by atoms with Gasteiger partial charge in [0.2, 0.25) is 10.0 Å². The second kappa shape index (κ2) is 7.41. The molecule has 2 aromatic rings. The van der Waals surface area contributed by atoms with Crippen molar-refractivity contribution in [1.82, 2.24) is 14.1 Å². The molecule has 0 bridgehead atoms. The first-order chi connectivity index (χ1) is 13.4. The molecule has 0 saturated heterocycles. The Kier molecular flexibility index (Phi) is 5.43. The molecule has 0 fully saturated rings. The summed E-state index contributed by atoms with van der Waals surface area (Å²) < 4.78 is 80.6. The molecule has 1 N–H and O–H groups in total. The van der Waals surface area contributed by atoms with Crippen LogP contribution in [0.2, 0.25) is 0 Å². The van der Waals surface area contributed by atoms with Gasteiger partial charge in [0.25, 0.3) is 0 Å². The summed E-state index contributed by atoms with van der Waals surface area (Å²) >= 11 is 0. The highest BCUT2D eigenvalue weighted by Crippen LogP contribution is 2.38. The molecule has 1 aliphatic carbocycles. The Bertz CT molecular complexity index is 1050. The van der Waals surface area contributed by atoms with Crippen molar-refractivity contribution in [2.75, 3.05) is 7.05 Å². The van der Waals surface area contributed by atoms with Gasteiger partial charge in [-0.2, -0.15) is 22.6 Å². The third-order valence-corrected chi connectivity index (χ3v) is 6.67. The number of benzene rings is 1. The first-order valence-corrected chi connectivity index (χ1v) is 9.97. The van der Waals surface area contributed by atoms with E-state index in [2.05, 4.69) is 5.10 Å². The third kappa shape index (κ3) is 4.13. The predicted molar refractivity (Wildman–Crippen MR) is 91.9 cm³/mol. The second-order valence-electron chi connectivity index (χ2n) is 6.70. The third-order valence-electron chi connectivity index (χ3n) is 4.83. The van der Waals surface area contributed by atoms with Crippen LogP contribution in [0.15, 0.2) is 29.3 Å². The van der Waals surface area contributed by atoms with Gasteiger partial charge in [-0.25, -0.2) is 12.8 Å². The SMILES string of the molecule is CN(C1CCCc2c1cnn2CC(=O)O)S(=O)(=O)c1cc(F)cc(C(F)(F)F)c1. The zero-order valence-corrected chi connectivity index (χ0v) is 16.0. The number of aromatic nitrogens is 2. The first kappa shape index (κ1) is 21.2. The molecule has 0 spiro atoms. The number of sulfonamides is 1. The highest BCUT2D eigenvalue weighted by Gasteiger charge is 2.37. The van der Waals surface area contributed by atoms with E-state index in [0.29, 0.717) is 42.7 Å². The number of rotatable bonds is 5. The highest BCUT2D eigenvalue weighted by atomic mass is 32.2. The minimum absolute atomic E-state index is 0.230. The van der Waals surface area contributed by atoms with Crippen molar-refractivity contribution in [3.63, 3.8) is 0 Å². The number of hydrogen-bond donors (Lipinski definition) is 1. The molecule has 29 heavy (non-hydrogen) atoms. The Balaban J connectivity index is 1.99. The molecular weight excluding hydrogens is 418 g/mol. The fraction of sp³-hybridized carbons (Fsp3) is 0.412. The number of fused-ring (bicyclic) bond motifs is 1. The minimum atomic E-state index is -4.90. The van der Waals surface area contributed by atoms with E-state index in [1.165, 1.54) is 17.9 Å². The standard InChI is InChI=1S/C17H17F4N3O4S/c1-23(14-3-2-4-15-13(14)8-22-24(15)9-16(25)26)29(27,28)12-6-10(17(19,20)21)5-11(18)7-12/h5-8,14H,2-4,9H2,1H3,(H,25,26). The lowest BCUT2D eigenvalue weighted by atomic mass is 9.93. The lowest BCUT2D eigenvalue weighted by molar-refractivity contribution is -0.138. The van der Waals surface area contributed by atoms with Crippen LogP contribution in [0.4, 0.5) is 17.6 Å². The number of hydrogen-bond acceptors (Lipinski definition) is 4. The number of nitrogens with zero attached hydrogens (tertiary/aromatic N) is 3. The van der Waals surface area contributed by atoms with Crippen molar-refractivity contribution in [3.8, 4) is 0 Å². The average Bonchev–Trinajstić information content (AvgIpc) is 3.02. The lowest BCUT2D eigenvalue weighted by Crippen LogP contribution is -2.33. The van der Waals surface area contributed by atoms with Gasteiger partial charge in [-0.05, 0) is 37.5 Å². The van der Waals surface area contributed by atoms with Gasteiger partial charge in [0.1, 0.15) is 12.4 Å². The van der Waals surface area contributed by atoms with Crippen LogP contribution < -0.4 is 0 Å². The Morgan fingerprint density at radius 3 is 2.66 bits per heavy atom. The van der Waals surface area contributed by atoms with Crippen LogP contribution in [0.25, 0.3) is 0 Å². The van der Waals surface area contributed by atoms with Gasteiger partial charge < -0.3 is 5.11 Å². The van der Waals surface area contributed by atoms with Gasteiger partial charge in [-0.3, -0.25) is 9.48 Å². The maximum atomic E-state index is 13.7. The van der Waals surface area contributed by atoms with E-state index < -0.39 is 51.0 Å². The summed E-state index contributed by atoms with van der Waals surface area (Å²) in [6.45, 7) is -0.392. The molecule has 1 unspecified atom stereocenters. The largest absolute Gasteiger partial charge is 0.480 e. The molecule has 1 atom stereocenters. The molecule has 0 aliphatic heterocycles. The van der Waals surface area contributed by atoms with E-state index in [4.69, 9.17) is 5.11 Å². The number of alkyl halides is 3. The van der Waals surface area contributed by atoms with E-state index in [-0.39, 0.29) is 6.07 Å². The molecule has 0 amide bonds. The van der Waals surface area contributed by atoms with Crippen LogP contribution in [0.5, 0.6) is 0 Å². The molecule has 12 heteroatoms. The summed E-state index contributed by atoms with van der Waals surface area (Å²) in [5.41, 5.74) is -0.361. The number of halogens is 4. The molecule has 3 rings (SSSR count). The summed E-state index contributed by atoms with van der Waals surface area (Å²) in [4.78, 5) is 10.2. The van der Waals surface area contributed by atoms with Crippen molar-refractivity contribution in [3.05, 3.63) is 47.0 Å². The van der Waals surface area contributed by atoms with Gasteiger partial charge in [-0.1, -0.05) is 0 Å². The monoisotopic (exact) mass is 435 g/mol. The fourth-order valence-corrected chi connectivity index (χ4v) is 4.87. The van der Waals surface area contributed by atoms with Crippen LogP contribution in [-0.2, 0) is 34.0 Å². The van der Waals surface area contributed by atoms with E-state index in [9.17, 15) is 30.8 Å². The molecule has 0 saturated carbocycles. The van der Waals surface area contributed by atoms with Gasteiger partial charge in [0.15, 0.2) is 0 Å². The second-order valence-corrected chi connectivity index (χ2v) is 8.70. The maximum Gasteiger partial charge on any atom is 0.416 e. The number of carbonyl (C=O) groups is 1. The van der Waals surface area contributed by atoms with Gasteiger partial charge in [0.05, 0.1) is 22.7 Å². The molecule has 7 nitrogen and oxygen atoms in total. The van der Waals surface area contributed by atoms with Crippen molar-refractivity contribution < 1.29 is 35.9 Å². The van der Waals surface area contributed by atoms with Crippen LogP contribution in [0.1, 0.15) is 35.7 Å². The molecule has 158 valence electrons. The molecule has 0 radical (unpaired) electrons. The Morgan fingerprint density at radius 2 is 2.03 bits per heavy atom. The van der Waals surface area contributed by atoms with Gasteiger partial charge in [0, 0.05) is 18.3 Å². The molecule has 1 heterocycles.